The molecule has 1 aromatic carbocycles. The molecule has 1 saturated carbocycles. The Labute approximate surface area is 88.5 Å². The molecule has 1 fully saturated rings. The first-order chi connectivity index (χ1) is 6.97. The highest BCUT2D eigenvalue weighted by atomic mass is 32.2. The van der Waals surface area contributed by atoms with Crippen molar-refractivity contribution in [3.8, 4) is 0 Å². The quantitative estimate of drug-likeness (QED) is 0.654. The molecule has 0 atom stereocenters. The van der Waals surface area contributed by atoms with Gasteiger partial charge >= 0.3 is 0 Å². The largest absolute Gasteiger partial charge is 0.399 e. The summed E-state index contributed by atoms with van der Waals surface area (Å²) >= 11 is 0. The first-order valence-electron chi connectivity index (χ1n) is 4.66. The fourth-order valence-electron chi connectivity index (χ4n) is 1.34. The molecule has 0 saturated heterocycles. The summed E-state index contributed by atoms with van der Waals surface area (Å²) in [6.45, 7) is 0. The molecule has 15 heavy (non-hydrogen) atoms. The van der Waals surface area contributed by atoms with E-state index in [9.17, 15) is 8.42 Å². The van der Waals surface area contributed by atoms with Gasteiger partial charge in [0.25, 0.3) is 0 Å². The predicted octanol–water partition coefficient (Wildman–Crippen LogP) is 0.491. The van der Waals surface area contributed by atoms with E-state index in [1.165, 1.54) is 6.07 Å². The second-order valence-corrected chi connectivity index (χ2v) is 5.25. The maximum atomic E-state index is 11.3. The lowest BCUT2D eigenvalue weighted by Gasteiger charge is -2.10. The van der Waals surface area contributed by atoms with Crippen LogP contribution in [-0.4, -0.2) is 14.5 Å². The van der Waals surface area contributed by atoms with Crippen molar-refractivity contribution in [2.24, 2.45) is 5.14 Å². The summed E-state index contributed by atoms with van der Waals surface area (Å²) in [5.41, 5.74) is 6.45. The summed E-state index contributed by atoms with van der Waals surface area (Å²) in [5.74, 6) is 0. The Kier molecular flexibility index (Phi) is 2.32. The number of nitrogen functional groups attached to an aromatic ring is 1. The molecule has 0 radical (unpaired) electrons. The first-order valence-corrected chi connectivity index (χ1v) is 6.20. The van der Waals surface area contributed by atoms with Crippen LogP contribution < -0.4 is 16.2 Å². The van der Waals surface area contributed by atoms with Crippen LogP contribution in [0.3, 0.4) is 0 Å². The summed E-state index contributed by atoms with van der Waals surface area (Å²) in [7, 11) is -3.72. The lowest BCUT2D eigenvalue weighted by atomic mass is 10.3. The number of hydrogen-bond donors (Lipinski definition) is 3. The van der Waals surface area contributed by atoms with Gasteiger partial charge in [-0.15, -0.1) is 0 Å². The summed E-state index contributed by atoms with van der Waals surface area (Å²) in [6, 6.07) is 5.04. The third kappa shape index (κ3) is 2.40. The summed E-state index contributed by atoms with van der Waals surface area (Å²) in [5, 5.41) is 8.20. The number of sulfonamides is 1. The predicted molar refractivity (Wildman–Crippen MR) is 58.9 cm³/mol. The van der Waals surface area contributed by atoms with E-state index in [1.807, 2.05) is 0 Å². The van der Waals surface area contributed by atoms with Gasteiger partial charge in [-0.05, 0) is 31.0 Å². The van der Waals surface area contributed by atoms with Crippen molar-refractivity contribution in [2.45, 2.75) is 23.8 Å². The minimum absolute atomic E-state index is 0.0643. The summed E-state index contributed by atoms with van der Waals surface area (Å²) in [6.07, 6.45) is 2.13. The minimum Gasteiger partial charge on any atom is -0.399 e. The Hall–Kier alpha value is -1.27. The van der Waals surface area contributed by atoms with Gasteiger partial charge < -0.3 is 11.1 Å². The maximum absolute atomic E-state index is 11.3. The Bertz CT molecular complexity index is 480. The van der Waals surface area contributed by atoms with Crippen molar-refractivity contribution in [3.05, 3.63) is 18.2 Å². The molecule has 5 N–H and O–H groups in total. The van der Waals surface area contributed by atoms with Gasteiger partial charge in [-0.1, -0.05) is 0 Å². The van der Waals surface area contributed by atoms with Crippen molar-refractivity contribution in [1.82, 2.24) is 0 Å². The molecule has 1 aromatic rings. The zero-order chi connectivity index (χ0) is 11.1. The van der Waals surface area contributed by atoms with Crippen LogP contribution in [0.4, 0.5) is 11.4 Å². The Morgan fingerprint density at radius 1 is 1.33 bits per heavy atom. The highest BCUT2D eigenvalue weighted by Gasteiger charge is 2.24. The number of rotatable bonds is 3. The SMILES string of the molecule is Nc1ccc(NC2CC2)c(S(N)(=O)=O)c1. The molecule has 0 amide bonds. The van der Waals surface area contributed by atoms with Gasteiger partial charge in [-0.2, -0.15) is 0 Å². The topological polar surface area (TPSA) is 98.2 Å². The molecule has 0 unspecified atom stereocenters. The molecular formula is C9H13N3O2S. The fourth-order valence-corrected chi connectivity index (χ4v) is 2.07. The van der Waals surface area contributed by atoms with Gasteiger partial charge in [0.2, 0.25) is 10.0 Å². The fraction of sp³-hybridized carbons (Fsp3) is 0.333. The second kappa shape index (κ2) is 3.39. The molecule has 2 rings (SSSR count). The average molecular weight is 227 g/mol. The normalized spacial score (nSPS) is 16.3. The van der Waals surface area contributed by atoms with E-state index in [2.05, 4.69) is 5.32 Å². The maximum Gasteiger partial charge on any atom is 0.240 e. The average Bonchev–Trinajstić information content (AvgIpc) is 2.90. The van der Waals surface area contributed by atoms with Gasteiger partial charge in [0.1, 0.15) is 4.90 Å². The highest BCUT2D eigenvalue weighted by Crippen LogP contribution is 2.29. The van der Waals surface area contributed by atoms with Gasteiger partial charge in [0.15, 0.2) is 0 Å². The standard InChI is InChI=1S/C9H13N3O2S/c10-6-1-4-8(12-7-2-3-7)9(5-6)15(11,13)14/h1,4-5,7,12H,2-3,10H2,(H2,11,13,14). The lowest BCUT2D eigenvalue weighted by Crippen LogP contribution is -2.16. The molecule has 1 aliphatic carbocycles. The smallest absolute Gasteiger partial charge is 0.240 e. The molecule has 0 aliphatic heterocycles. The molecule has 1 aliphatic rings. The zero-order valence-electron chi connectivity index (χ0n) is 8.10. The number of primary sulfonamides is 1. The van der Waals surface area contributed by atoms with E-state index < -0.39 is 10.0 Å². The number of nitrogens with one attached hydrogen (secondary N) is 1. The molecular weight excluding hydrogens is 214 g/mol. The highest BCUT2D eigenvalue weighted by molar-refractivity contribution is 7.89. The van der Waals surface area contributed by atoms with Crippen LogP contribution in [0.25, 0.3) is 0 Å². The van der Waals surface area contributed by atoms with Crippen molar-refractivity contribution >= 4 is 21.4 Å². The van der Waals surface area contributed by atoms with Crippen LogP contribution in [0, 0.1) is 0 Å². The number of hydrogen-bond acceptors (Lipinski definition) is 4. The molecule has 0 heterocycles. The van der Waals surface area contributed by atoms with Crippen molar-refractivity contribution in [3.63, 3.8) is 0 Å². The van der Waals surface area contributed by atoms with Crippen LogP contribution in [0.5, 0.6) is 0 Å². The van der Waals surface area contributed by atoms with Crippen LogP contribution in [0.15, 0.2) is 23.1 Å². The Morgan fingerprint density at radius 2 is 2.00 bits per heavy atom. The Morgan fingerprint density at radius 3 is 2.53 bits per heavy atom. The van der Waals surface area contributed by atoms with E-state index in [4.69, 9.17) is 10.9 Å². The minimum atomic E-state index is -3.72. The third-order valence-electron chi connectivity index (χ3n) is 2.25. The molecule has 0 bridgehead atoms. The molecule has 6 heteroatoms. The van der Waals surface area contributed by atoms with Crippen LogP contribution in [-0.2, 0) is 10.0 Å². The summed E-state index contributed by atoms with van der Waals surface area (Å²) < 4.78 is 22.6. The van der Waals surface area contributed by atoms with Crippen LogP contribution in [0.1, 0.15) is 12.8 Å². The van der Waals surface area contributed by atoms with E-state index >= 15 is 0 Å². The lowest BCUT2D eigenvalue weighted by molar-refractivity contribution is 0.598. The van der Waals surface area contributed by atoms with Gasteiger partial charge in [-0.25, -0.2) is 13.6 Å². The second-order valence-electron chi connectivity index (χ2n) is 3.72. The zero-order valence-corrected chi connectivity index (χ0v) is 8.92. The van der Waals surface area contributed by atoms with Gasteiger partial charge in [0, 0.05) is 11.7 Å². The monoisotopic (exact) mass is 227 g/mol. The van der Waals surface area contributed by atoms with E-state index in [0.717, 1.165) is 12.8 Å². The van der Waals surface area contributed by atoms with Gasteiger partial charge in [0.05, 0.1) is 5.69 Å². The number of nitrogens with two attached hydrogens (primary N) is 2. The van der Waals surface area contributed by atoms with E-state index in [0.29, 0.717) is 17.4 Å². The Balaban J connectivity index is 2.43. The molecule has 0 spiro atoms. The summed E-state index contributed by atoms with van der Waals surface area (Å²) in [4.78, 5) is 0.0643. The van der Waals surface area contributed by atoms with Crippen molar-refractivity contribution < 1.29 is 8.42 Å². The van der Waals surface area contributed by atoms with E-state index in [1.54, 1.807) is 12.1 Å². The van der Waals surface area contributed by atoms with Gasteiger partial charge in [-0.3, -0.25) is 0 Å². The van der Waals surface area contributed by atoms with Crippen LogP contribution in [0.2, 0.25) is 0 Å². The van der Waals surface area contributed by atoms with Crippen molar-refractivity contribution in [2.75, 3.05) is 11.1 Å². The van der Waals surface area contributed by atoms with E-state index in [-0.39, 0.29) is 4.90 Å². The molecule has 0 aromatic heterocycles. The van der Waals surface area contributed by atoms with Crippen molar-refractivity contribution in [1.29, 1.82) is 0 Å². The molecule has 82 valence electrons. The molecule has 5 nitrogen and oxygen atoms in total. The number of anilines is 2. The third-order valence-corrected chi connectivity index (χ3v) is 3.20. The van der Waals surface area contributed by atoms with Crippen LogP contribution >= 0.6 is 0 Å². The number of benzene rings is 1. The first kappa shape index (κ1) is 10.3.